The normalized spacial score (nSPS) is 17.2. The Morgan fingerprint density at radius 2 is 1.73 bits per heavy atom. The van der Waals surface area contributed by atoms with E-state index in [1.807, 2.05) is 6.07 Å². The Kier molecular flexibility index (Phi) is 5.67. The first-order valence-electron chi connectivity index (χ1n) is 10.1. The van der Waals surface area contributed by atoms with Crippen LogP contribution in [0.15, 0.2) is 72.3 Å². The van der Waals surface area contributed by atoms with E-state index in [9.17, 15) is 19.1 Å². The number of aryl methyl sites for hydroxylation is 1. The molecule has 1 saturated heterocycles. The number of methoxy groups -OCH3 is 1. The molecular weight excluding hydrogens is 423 g/mol. The second-order valence-corrected chi connectivity index (χ2v) is 7.56. The Hall–Kier alpha value is -4.44. The van der Waals surface area contributed by atoms with Gasteiger partial charge in [-0.15, -0.1) is 0 Å². The average Bonchev–Trinajstić information content (AvgIpc) is 3.09. The molecule has 0 aromatic heterocycles. The summed E-state index contributed by atoms with van der Waals surface area (Å²) >= 11 is 0. The first-order chi connectivity index (χ1) is 15.8. The first kappa shape index (κ1) is 21.8. The van der Waals surface area contributed by atoms with Gasteiger partial charge in [-0.25, -0.2) is 4.39 Å². The van der Waals surface area contributed by atoms with Crippen molar-refractivity contribution in [1.82, 2.24) is 0 Å². The zero-order chi connectivity index (χ0) is 23.7. The van der Waals surface area contributed by atoms with Gasteiger partial charge in [-0.05, 0) is 72.6 Å². The summed E-state index contributed by atoms with van der Waals surface area (Å²) < 4.78 is 18.8. The van der Waals surface area contributed by atoms with Crippen molar-refractivity contribution < 1.29 is 23.8 Å². The summed E-state index contributed by atoms with van der Waals surface area (Å²) in [4.78, 5) is 27.5. The fraction of sp³-hybridized carbons (Fsp3) is 0.115. The third-order valence-corrected chi connectivity index (χ3v) is 5.59. The van der Waals surface area contributed by atoms with Gasteiger partial charge in [0.15, 0.2) is 0 Å². The van der Waals surface area contributed by atoms with Crippen LogP contribution in [0, 0.1) is 24.1 Å². The summed E-state index contributed by atoms with van der Waals surface area (Å²) in [6, 6.07) is 17.6. The van der Waals surface area contributed by atoms with Crippen molar-refractivity contribution in [3.05, 3.63) is 100 Å². The van der Waals surface area contributed by atoms with Crippen LogP contribution in [-0.4, -0.2) is 23.9 Å². The molecule has 3 aromatic rings. The number of ketones is 1. The van der Waals surface area contributed by atoms with Gasteiger partial charge >= 0.3 is 0 Å². The second kappa shape index (κ2) is 8.60. The highest BCUT2D eigenvalue weighted by Crippen LogP contribution is 2.42. The number of anilines is 1. The number of amides is 1. The zero-order valence-corrected chi connectivity index (χ0v) is 17.9. The zero-order valence-electron chi connectivity index (χ0n) is 17.9. The molecule has 3 aromatic carbocycles. The Morgan fingerprint density at radius 1 is 1.06 bits per heavy atom. The number of aliphatic hydroxyl groups is 1. The van der Waals surface area contributed by atoms with E-state index in [1.165, 1.54) is 48.4 Å². The Bertz CT molecular complexity index is 1320. The molecule has 1 aliphatic rings. The maximum atomic E-state index is 13.6. The number of Topliss-reactive ketones (excluding diaryl/α,β-unsaturated/α-hetero) is 1. The summed E-state index contributed by atoms with van der Waals surface area (Å²) in [7, 11) is 1.52. The van der Waals surface area contributed by atoms with E-state index in [1.54, 1.807) is 37.3 Å². The lowest BCUT2D eigenvalue weighted by Gasteiger charge is -2.25. The number of nitriles is 1. The van der Waals surface area contributed by atoms with Crippen LogP contribution < -0.4 is 9.64 Å². The quantitative estimate of drug-likeness (QED) is 0.361. The lowest BCUT2D eigenvalue weighted by Crippen LogP contribution is -2.29. The summed E-state index contributed by atoms with van der Waals surface area (Å²) in [6.07, 6.45) is 0. The molecule has 1 heterocycles. The molecule has 7 heteroatoms. The summed E-state index contributed by atoms with van der Waals surface area (Å²) in [5.41, 5.74) is 2.13. The molecule has 1 N–H and O–H groups in total. The summed E-state index contributed by atoms with van der Waals surface area (Å²) in [6.45, 7) is 1.75. The Labute approximate surface area is 189 Å². The predicted octanol–water partition coefficient (Wildman–Crippen LogP) is 4.64. The van der Waals surface area contributed by atoms with Crippen molar-refractivity contribution in [2.45, 2.75) is 13.0 Å². The number of ether oxygens (including phenoxy) is 1. The van der Waals surface area contributed by atoms with E-state index in [-0.39, 0.29) is 11.3 Å². The number of hydrogen-bond acceptors (Lipinski definition) is 5. The topological polar surface area (TPSA) is 90.6 Å². The maximum Gasteiger partial charge on any atom is 0.300 e. The molecule has 0 radical (unpaired) electrons. The second-order valence-electron chi connectivity index (χ2n) is 7.56. The standard InChI is InChI=1S/C26H19FN2O4/c1-15-13-20(33-2)11-12-21(15)24(30)22-23(17-5-7-18(27)8-6-17)29(26(32)25(22)31)19-9-3-16(14-28)4-10-19/h3-13,23,30H,1-2H3/b24-22-. The van der Waals surface area contributed by atoms with Crippen LogP contribution >= 0.6 is 0 Å². The van der Waals surface area contributed by atoms with Crippen molar-refractivity contribution in [2.24, 2.45) is 0 Å². The maximum absolute atomic E-state index is 13.6. The monoisotopic (exact) mass is 442 g/mol. The largest absolute Gasteiger partial charge is 0.507 e. The van der Waals surface area contributed by atoms with Gasteiger partial charge in [-0.2, -0.15) is 5.26 Å². The van der Waals surface area contributed by atoms with Crippen molar-refractivity contribution in [3.63, 3.8) is 0 Å². The van der Waals surface area contributed by atoms with E-state index in [0.29, 0.717) is 33.7 Å². The van der Waals surface area contributed by atoms with E-state index >= 15 is 0 Å². The van der Waals surface area contributed by atoms with Crippen LogP contribution in [0.5, 0.6) is 5.75 Å². The van der Waals surface area contributed by atoms with Gasteiger partial charge in [-0.1, -0.05) is 12.1 Å². The molecule has 1 amide bonds. The molecule has 164 valence electrons. The van der Waals surface area contributed by atoms with E-state index in [0.717, 1.165) is 0 Å². The van der Waals surface area contributed by atoms with Crippen molar-refractivity contribution in [1.29, 1.82) is 5.26 Å². The lowest BCUT2D eigenvalue weighted by molar-refractivity contribution is -0.132. The fourth-order valence-corrected chi connectivity index (χ4v) is 3.93. The van der Waals surface area contributed by atoms with Crippen molar-refractivity contribution in [2.75, 3.05) is 12.0 Å². The molecule has 6 nitrogen and oxygen atoms in total. The Balaban J connectivity index is 1.93. The van der Waals surface area contributed by atoms with Gasteiger partial charge in [0.1, 0.15) is 17.3 Å². The molecule has 4 rings (SSSR count). The number of aliphatic hydroxyl groups excluding tert-OH is 1. The number of rotatable bonds is 4. The molecule has 1 unspecified atom stereocenters. The number of carbonyl (C=O) groups excluding carboxylic acids is 2. The summed E-state index contributed by atoms with van der Waals surface area (Å²) in [5.74, 6) is -1.92. The molecule has 0 aliphatic carbocycles. The van der Waals surface area contributed by atoms with Crippen LogP contribution in [0.3, 0.4) is 0 Å². The minimum absolute atomic E-state index is 0.107. The molecular formula is C26H19FN2O4. The highest BCUT2D eigenvalue weighted by atomic mass is 19.1. The number of benzene rings is 3. The van der Waals surface area contributed by atoms with Crippen LogP contribution in [0.4, 0.5) is 10.1 Å². The highest BCUT2D eigenvalue weighted by Gasteiger charge is 2.47. The van der Waals surface area contributed by atoms with Crippen molar-refractivity contribution in [3.8, 4) is 11.8 Å². The van der Waals surface area contributed by atoms with E-state index in [4.69, 9.17) is 10.00 Å². The molecule has 0 spiro atoms. The minimum atomic E-state index is -0.986. The van der Waals surface area contributed by atoms with Gasteiger partial charge in [-0.3, -0.25) is 14.5 Å². The van der Waals surface area contributed by atoms with Crippen molar-refractivity contribution >= 4 is 23.1 Å². The molecule has 1 atom stereocenters. The highest BCUT2D eigenvalue weighted by molar-refractivity contribution is 6.51. The minimum Gasteiger partial charge on any atom is -0.507 e. The van der Waals surface area contributed by atoms with Crippen LogP contribution in [0.25, 0.3) is 5.76 Å². The Morgan fingerprint density at radius 3 is 2.30 bits per heavy atom. The third kappa shape index (κ3) is 3.83. The first-order valence-corrected chi connectivity index (χ1v) is 10.1. The van der Waals surface area contributed by atoms with Gasteiger partial charge in [0.2, 0.25) is 0 Å². The third-order valence-electron chi connectivity index (χ3n) is 5.59. The lowest BCUT2D eigenvalue weighted by atomic mass is 9.93. The number of halogens is 1. The van der Waals surface area contributed by atoms with E-state index < -0.39 is 23.5 Å². The van der Waals surface area contributed by atoms with Gasteiger partial charge in [0.05, 0.1) is 30.4 Å². The number of hydrogen-bond donors (Lipinski definition) is 1. The molecule has 0 bridgehead atoms. The van der Waals surface area contributed by atoms with Crippen LogP contribution in [-0.2, 0) is 9.59 Å². The van der Waals surface area contributed by atoms with Gasteiger partial charge in [0.25, 0.3) is 11.7 Å². The summed E-state index contributed by atoms with van der Waals surface area (Å²) in [5, 5.41) is 20.3. The van der Waals surface area contributed by atoms with Gasteiger partial charge < -0.3 is 9.84 Å². The number of nitrogens with zero attached hydrogens (tertiary/aromatic N) is 2. The van der Waals surface area contributed by atoms with Gasteiger partial charge in [0, 0.05) is 11.3 Å². The molecule has 33 heavy (non-hydrogen) atoms. The average molecular weight is 442 g/mol. The molecule has 1 fully saturated rings. The van der Waals surface area contributed by atoms with Crippen LogP contribution in [0.1, 0.15) is 28.3 Å². The fourth-order valence-electron chi connectivity index (χ4n) is 3.93. The van der Waals surface area contributed by atoms with Crippen LogP contribution in [0.2, 0.25) is 0 Å². The smallest absolute Gasteiger partial charge is 0.300 e. The van der Waals surface area contributed by atoms with E-state index in [2.05, 4.69) is 0 Å². The number of carbonyl (C=O) groups is 2. The predicted molar refractivity (Wildman–Crippen MR) is 120 cm³/mol. The molecule has 0 saturated carbocycles. The molecule has 1 aliphatic heterocycles. The SMILES string of the molecule is COc1ccc(/C(O)=C2/C(=O)C(=O)N(c3ccc(C#N)cc3)C2c2ccc(F)cc2)c(C)c1.